The minimum Gasteiger partial charge on any atom is -0.319 e. The third kappa shape index (κ3) is 3.55. The van der Waals surface area contributed by atoms with Gasteiger partial charge in [-0.25, -0.2) is 0 Å². The van der Waals surface area contributed by atoms with Crippen molar-refractivity contribution in [2.45, 2.75) is 33.7 Å². The molecule has 1 amide bonds. The van der Waals surface area contributed by atoms with Crippen LogP contribution in [0.1, 0.15) is 41.6 Å². The Morgan fingerprint density at radius 1 is 1.19 bits per heavy atom. The summed E-state index contributed by atoms with van der Waals surface area (Å²) in [6.07, 6.45) is 0. The summed E-state index contributed by atoms with van der Waals surface area (Å²) >= 11 is 6.78. The Balaban J connectivity index is 2.32. The van der Waals surface area contributed by atoms with Crippen LogP contribution in [0.5, 0.6) is 0 Å². The number of anilines is 1. The SMILES string of the molecule is Cc1nn(C(C)C)c(C)c1NC(=O)c1cc(Br)cc(Br)c1. The van der Waals surface area contributed by atoms with E-state index >= 15 is 0 Å². The highest BCUT2D eigenvalue weighted by Crippen LogP contribution is 2.25. The van der Waals surface area contributed by atoms with Gasteiger partial charge in [0.25, 0.3) is 5.91 Å². The van der Waals surface area contributed by atoms with E-state index in [1.807, 2.05) is 24.6 Å². The lowest BCUT2D eigenvalue weighted by molar-refractivity contribution is 0.102. The minimum absolute atomic E-state index is 0.147. The van der Waals surface area contributed by atoms with Crippen molar-refractivity contribution in [2.24, 2.45) is 0 Å². The molecule has 4 nitrogen and oxygen atoms in total. The van der Waals surface area contributed by atoms with E-state index in [2.05, 4.69) is 56.1 Å². The Hall–Kier alpha value is -1.14. The lowest BCUT2D eigenvalue weighted by Crippen LogP contribution is -2.13. The molecule has 0 saturated carbocycles. The molecule has 1 N–H and O–H groups in total. The Labute approximate surface area is 141 Å². The van der Waals surface area contributed by atoms with Crippen molar-refractivity contribution in [1.29, 1.82) is 0 Å². The van der Waals surface area contributed by atoms with Crippen LogP contribution in [0.2, 0.25) is 0 Å². The first-order valence-electron chi connectivity index (χ1n) is 6.62. The van der Waals surface area contributed by atoms with Gasteiger partial charge < -0.3 is 5.32 Å². The molecule has 112 valence electrons. The number of halogens is 2. The molecule has 2 aromatic rings. The van der Waals surface area contributed by atoms with Crippen LogP contribution in [-0.4, -0.2) is 15.7 Å². The number of carbonyl (C=O) groups is 1. The third-order valence-electron chi connectivity index (χ3n) is 3.18. The number of carbonyl (C=O) groups excluding carboxylic acids is 1. The van der Waals surface area contributed by atoms with Gasteiger partial charge in [0, 0.05) is 20.6 Å². The largest absolute Gasteiger partial charge is 0.319 e. The fourth-order valence-electron chi connectivity index (χ4n) is 2.22. The van der Waals surface area contributed by atoms with Gasteiger partial charge in [-0.05, 0) is 45.9 Å². The van der Waals surface area contributed by atoms with E-state index in [-0.39, 0.29) is 11.9 Å². The summed E-state index contributed by atoms with van der Waals surface area (Å²) < 4.78 is 3.63. The fourth-order valence-corrected chi connectivity index (χ4v) is 3.51. The van der Waals surface area contributed by atoms with Gasteiger partial charge in [-0.2, -0.15) is 5.10 Å². The van der Waals surface area contributed by atoms with Gasteiger partial charge in [0.1, 0.15) is 0 Å². The zero-order chi connectivity index (χ0) is 15.7. The predicted octanol–water partition coefficient (Wildman–Crippen LogP) is 4.86. The average Bonchev–Trinajstić information content (AvgIpc) is 2.65. The maximum atomic E-state index is 12.4. The van der Waals surface area contributed by atoms with Crippen molar-refractivity contribution in [3.8, 4) is 0 Å². The third-order valence-corrected chi connectivity index (χ3v) is 4.09. The van der Waals surface area contributed by atoms with Crippen molar-refractivity contribution in [3.05, 3.63) is 44.1 Å². The van der Waals surface area contributed by atoms with Gasteiger partial charge in [-0.1, -0.05) is 31.9 Å². The monoisotopic (exact) mass is 413 g/mol. The van der Waals surface area contributed by atoms with Crippen LogP contribution in [0.15, 0.2) is 27.1 Å². The molecule has 0 fully saturated rings. The molecule has 1 heterocycles. The summed E-state index contributed by atoms with van der Waals surface area (Å²) in [6.45, 7) is 8.00. The Bertz CT molecular complexity index is 672. The number of rotatable bonds is 3. The molecule has 0 aliphatic heterocycles. The molecule has 1 aromatic carbocycles. The first kappa shape index (κ1) is 16.2. The van der Waals surface area contributed by atoms with Crippen LogP contribution < -0.4 is 5.32 Å². The highest BCUT2D eigenvalue weighted by molar-refractivity contribution is 9.11. The van der Waals surface area contributed by atoms with Gasteiger partial charge >= 0.3 is 0 Å². The van der Waals surface area contributed by atoms with Crippen LogP contribution >= 0.6 is 31.9 Å². The van der Waals surface area contributed by atoms with Crippen LogP contribution in [0.25, 0.3) is 0 Å². The zero-order valence-corrected chi connectivity index (χ0v) is 15.5. The van der Waals surface area contributed by atoms with Gasteiger partial charge in [-0.3, -0.25) is 9.48 Å². The van der Waals surface area contributed by atoms with E-state index in [9.17, 15) is 4.79 Å². The van der Waals surface area contributed by atoms with Crippen LogP contribution in [-0.2, 0) is 0 Å². The summed E-state index contributed by atoms with van der Waals surface area (Å²) in [5, 5.41) is 7.44. The molecule has 1 aromatic heterocycles. The highest BCUT2D eigenvalue weighted by atomic mass is 79.9. The van der Waals surface area contributed by atoms with Crippen LogP contribution in [0.3, 0.4) is 0 Å². The highest BCUT2D eigenvalue weighted by Gasteiger charge is 2.17. The lowest BCUT2D eigenvalue weighted by Gasteiger charge is -2.10. The zero-order valence-electron chi connectivity index (χ0n) is 12.4. The van der Waals surface area contributed by atoms with Crippen molar-refractivity contribution >= 4 is 43.5 Å². The minimum atomic E-state index is -0.147. The van der Waals surface area contributed by atoms with Crippen LogP contribution in [0.4, 0.5) is 5.69 Å². The summed E-state index contributed by atoms with van der Waals surface area (Å²) in [6, 6.07) is 5.73. The van der Waals surface area contributed by atoms with Crippen molar-refractivity contribution in [3.63, 3.8) is 0 Å². The molecule has 0 unspecified atom stereocenters. The second-order valence-electron chi connectivity index (χ2n) is 5.20. The number of aryl methyl sites for hydroxylation is 1. The number of nitrogens with one attached hydrogen (secondary N) is 1. The van der Waals surface area contributed by atoms with Gasteiger partial charge in [0.15, 0.2) is 0 Å². The molecule has 2 rings (SSSR count). The smallest absolute Gasteiger partial charge is 0.255 e. The van der Waals surface area contributed by atoms with E-state index in [1.54, 1.807) is 12.1 Å². The number of amides is 1. The van der Waals surface area contributed by atoms with E-state index in [1.165, 1.54) is 0 Å². The van der Waals surface area contributed by atoms with Crippen molar-refractivity contribution in [2.75, 3.05) is 5.32 Å². The van der Waals surface area contributed by atoms with Crippen molar-refractivity contribution < 1.29 is 4.79 Å². The Kier molecular flexibility index (Phi) is 4.88. The van der Waals surface area contributed by atoms with Gasteiger partial charge in [0.05, 0.1) is 17.1 Å². The topological polar surface area (TPSA) is 46.9 Å². The summed E-state index contributed by atoms with van der Waals surface area (Å²) in [5.74, 6) is -0.147. The number of aromatic nitrogens is 2. The molecular weight excluding hydrogens is 398 g/mol. The first-order valence-corrected chi connectivity index (χ1v) is 8.21. The molecule has 21 heavy (non-hydrogen) atoms. The second-order valence-corrected chi connectivity index (χ2v) is 7.03. The Morgan fingerprint density at radius 3 is 2.24 bits per heavy atom. The molecule has 0 aliphatic carbocycles. The first-order chi connectivity index (χ1) is 9.79. The van der Waals surface area contributed by atoms with E-state index in [0.29, 0.717) is 5.56 Å². The number of nitrogens with zero attached hydrogens (tertiary/aromatic N) is 2. The standard InChI is InChI=1S/C15H17Br2N3O/c1-8(2)20-10(4)14(9(3)19-20)18-15(21)11-5-12(16)7-13(17)6-11/h5-8H,1-4H3,(H,18,21). The van der Waals surface area contributed by atoms with E-state index in [0.717, 1.165) is 26.0 Å². The summed E-state index contributed by atoms with van der Waals surface area (Å²) in [4.78, 5) is 12.4. The molecule has 0 radical (unpaired) electrons. The molecule has 0 spiro atoms. The molecule has 0 saturated heterocycles. The van der Waals surface area contributed by atoms with E-state index in [4.69, 9.17) is 0 Å². The number of hydrogen-bond acceptors (Lipinski definition) is 2. The summed E-state index contributed by atoms with van der Waals surface area (Å²) in [5.41, 5.74) is 3.16. The number of hydrogen-bond donors (Lipinski definition) is 1. The fraction of sp³-hybridized carbons (Fsp3) is 0.333. The maximum absolute atomic E-state index is 12.4. The second kappa shape index (κ2) is 6.32. The normalized spacial score (nSPS) is 11.0. The number of benzene rings is 1. The molecule has 0 bridgehead atoms. The van der Waals surface area contributed by atoms with Crippen molar-refractivity contribution in [1.82, 2.24) is 9.78 Å². The Morgan fingerprint density at radius 2 is 1.76 bits per heavy atom. The van der Waals surface area contributed by atoms with E-state index < -0.39 is 0 Å². The van der Waals surface area contributed by atoms with Crippen LogP contribution in [0, 0.1) is 13.8 Å². The maximum Gasteiger partial charge on any atom is 0.255 e. The van der Waals surface area contributed by atoms with Gasteiger partial charge in [0.2, 0.25) is 0 Å². The molecule has 0 aliphatic rings. The molecular formula is C15H17Br2N3O. The predicted molar refractivity (Wildman–Crippen MR) is 91.9 cm³/mol. The van der Waals surface area contributed by atoms with Gasteiger partial charge in [-0.15, -0.1) is 0 Å². The summed E-state index contributed by atoms with van der Waals surface area (Å²) in [7, 11) is 0. The lowest BCUT2D eigenvalue weighted by atomic mass is 10.2. The average molecular weight is 415 g/mol. The molecule has 0 atom stereocenters. The quantitative estimate of drug-likeness (QED) is 0.779. The molecule has 6 heteroatoms.